The van der Waals surface area contributed by atoms with E-state index in [-0.39, 0.29) is 0 Å². The maximum absolute atomic E-state index is 2.59. The van der Waals surface area contributed by atoms with Gasteiger partial charge in [-0.1, -0.05) is 94.4 Å². The molecule has 0 aliphatic heterocycles. The molecule has 0 N–H and O–H groups in total. The van der Waals surface area contributed by atoms with Gasteiger partial charge in [-0.2, -0.15) is 0 Å². The second-order valence-corrected chi connectivity index (χ2v) is 9.32. The van der Waals surface area contributed by atoms with Crippen LogP contribution >= 0.6 is 0 Å². The molecule has 0 saturated heterocycles. The lowest BCUT2D eigenvalue weighted by Crippen LogP contribution is -2.44. The highest BCUT2D eigenvalue weighted by Gasteiger charge is 2.48. The van der Waals surface area contributed by atoms with E-state index < -0.39 is 0 Å². The van der Waals surface area contributed by atoms with E-state index >= 15 is 0 Å². The minimum atomic E-state index is 0.363. The van der Waals surface area contributed by atoms with E-state index in [2.05, 4.69) is 62.3 Å². The van der Waals surface area contributed by atoms with Gasteiger partial charge in [0.1, 0.15) is 0 Å². The molecule has 0 rings (SSSR count). The first kappa shape index (κ1) is 22.0. The third-order valence-corrected chi connectivity index (χ3v) is 6.07. The molecule has 1 radical (unpaired) electrons. The lowest BCUT2D eigenvalue weighted by atomic mass is 9.51. The summed E-state index contributed by atoms with van der Waals surface area (Å²) in [5.74, 6) is 1.72. The summed E-state index contributed by atoms with van der Waals surface area (Å²) in [5, 5.41) is 0. The molecule has 0 saturated carbocycles. The van der Waals surface area contributed by atoms with E-state index in [4.69, 9.17) is 0 Å². The van der Waals surface area contributed by atoms with Crippen LogP contribution in [0.15, 0.2) is 0 Å². The number of hydrogen-bond acceptors (Lipinski definition) is 0. The smallest absolute Gasteiger partial charge is 0.0208 e. The fourth-order valence-electron chi connectivity index (χ4n) is 4.50. The van der Waals surface area contributed by atoms with E-state index in [0.717, 1.165) is 0 Å². The summed E-state index contributed by atoms with van der Waals surface area (Å²) in [4.78, 5) is 0. The van der Waals surface area contributed by atoms with Crippen LogP contribution in [-0.4, -0.2) is 0 Å². The van der Waals surface area contributed by atoms with Crippen molar-refractivity contribution in [1.29, 1.82) is 0 Å². The van der Waals surface area contributed by atoms with Crippen molar-refractivity contribution in [2.75, 3.05) is 0 Å². The third-order valence-electron chi connectivity index (χ3n) is 6.07. The van der Waals surface area contributed by atoms with Crippen molar-refractivity contribution in [3.05, 3.63) is 5.92 Å². The van der Waals surface area contributed by atoms with Gasteiger partial charge in [-0.25, -0.2) is 0 Å². The van der Waals surface area contributed by atoms with E-state index in [0.29, 0.717) is 16.2 Å². The highest BCUT2D eigenvalue weighted by Crippen LogP contribution is 2.57. The van der Waals surface area contributed by atoms with Gasteiger partial charge in [-0.3, -0.25) is 0 Å². The summed E-state index contributed by atoms with van der Waals surface area (Å²) in [5.41, 5.74) is 1.20. The SMILES string of the molecule is CCCCCCC(C)(CCC)C(C)(CC(C)(C)C)[C](C)CC. The molecular formula is C22H45. The Kier molecular flexibility index (Phi) is 9.33. The van der Waals surface area contributed by atoms with Crippen molar-refractivity contribution in [3.63, 3.8) is 0 Å². The Hall–Kier alpha value is 0. The molecule has 22 heavy (non-hydrogen) atoms. The molecule has 0 aromatic carbocycles. The summed E-state index contributed by atoms with van der Waals surface area (Å²) in [6.07, 6.45) is 12.1. The minimum Gasteiger partial charge on any atom is -0.0654 e. The average molecular weight is 310 g/mol. The van der Waals surface area contributed by atoms with Crippen LogP contribution in [0.5, 0.6) is 0 Å². The van der Waals surface area contributed by atoms with E-state index in [9.17, 15) is 0 Å². The monoisotopic (exact) mass is 309 g/mol. The third kappa shape index (κ3) is 6.25. The Bertz CT molecular complexity index is 285. The zero-order valence-corrected chi connectivity index (χ0v) is 17.4. The fraction of sp³-hybridized carbons (Fsp3) is 0.955. The van der Waals surface area contributed by atoms with Crippen LogP contribution in [0.2, 0.25) is 0 Å². The Balaban J connectivity index is 5.36. The van der Waals surface area contributed by atoms with Crippen LogP contribution in [0, 0.1) is 22.2 Å². The molecule has 0 heterocycles. The largest absolute Gasteiger partial charge is 0.0654 e. The average Bonchev–Trinajstić information content (AvgIpc) is 2.41. The van der Waals surface area contributed by atoms with Gasteiger partial charge in [0.25, 0.3) is 0 Å². The molecule has 0 amide bonds. The lowest BCUT2D eigenvalue weighted by molar-refractivity contribution is 0.0172. The zero-order valence-electron chi connectivity index (χ0n) is 17.4. The van der Waals surface area contributed by atoms with Crippen LogP contribution in [-0.2, 0) is 0 Å². The lowest BCUT2D eigenvalue weighted by Gasteiger charge is -2.53. The summed E-state index contributed by atoms with van der Waals surface area (Å²) in [7, 11) is 0. The van der Waals surface area contributed by atoms with Crippen molar-refractivity contribution < 1.29 is 0 Å². The van der Waals surface area contributed by atoms with Crippen LogP contribution in [0.4, 0.5) is 0 Å². The Morgan fingerprint density at radius 2 is 1.32 bits per heavy atom. The normalized spacial score (nSPS) is 18.3. The van der Waals surface area contributed by atoms with Crippen LogP contribution < -0.4 is 0 Å². The number of unbranched alkanes of at least 4 members (excludes halogenated alkanes) is 3. The molecule has 0 aromatic heterocycles. The molecule has 0 aromatic rings. The van der Waals surface area contributed by atoms with Gasteiger partial charge in [0.15, 0.2) is 0 Å². The van der Waals surface area contributed by atoms with E-state index in [1.165, 1.54) is 57.8 Å². The quantitative estimate of drug-likeness (QED) is 0.337. The highest BCUT2D eigenvalue weighted by molar-refractivity contribution is 5.10. The second-order valence-electron chi connectivity index (χ2n) is 9.32. The maximum Gasteiger partial charge on any atom is -0.0208 e. The van der Waals surface area contributed by atoms with E-state index in [1.54, 1.807) is 5.92 Å². The molecule has 2 unspecified atom stereocenters. The molecule has 0 bridgehead atoms. The molecular weight excluding hydrogens is 264 g/mol. The van der Waals surface area contributed by atoms with Gasteiger partial charge in [0.2, 0.25) is 0 Å². The van der Waals surface area contributed by atoms with Gasteiger partial charge < -0.3 is 0 Å². The zero-order chi connectivity index (χ0) is 17.4. The Labute approximate surface area is 142 Å². The number of rotatable bonds is 11. The topological polar surface area (TPSA) is 0 Å². The first-order valence-electron chi connectivity index (χ1n) is 9.89. The summed E-state index contributed by atoms with van der Waals surface area (Å²) < 4.78 is 0. The Morgan fingerprint density at radius 3 is 1.73 bits per heavy atom. The van der Waals surface area contributed by atoms with Crippen molar-refractivity contribution in [2.45, 2.75) is 120 Å². The van der Waals surface area contributed by atoms with E-state index in [1.807, 2.05) is 0 Å². The van der Waals surface area contributed by atoms with Crippen molar-refractivity contribution in [2.24, 2.45) is 16.2 Å². The van der Waals surface area contributed by atoms with Gasteiger partial charge >= 0.3 is 0 Å². The summed E-state index contributed by atoms with van der Waals surface area (Å²) >= 11 is 0. The predicted octanol–water partition coefficient (Wildman–Crippen LogP) is 8.21. The minimum absolute atomic E-state index is 0.363. The summed E-state index contributed by atoms with van der Waals surface area (Å²) in [6.45, 7) is 21.9. The predicted molar refractivity (Wildman–Crippen MR) is 103 cm³/mol. The maximum atomic E-state index is 2.59. The van der Waals surface area contributed by atoms with Crippen LogP contribution in [0.25, 0.3) is 0 Å². The van der Waals surface area contributed by atoms with Crippen molar-refractivity contribution >= 4 is 0 Å². The highest BCUT2D eigenvalue weighted by atomic mass is 14.5. The molecule has 133 valence electrons. The molecule has 0 nitrogen and oxygen atoms in total. The van der Waals surface area contributed by atoms with Gasteiger partial charge in [0, 0.05) is 0 Å². The fourth-order valence-corrected chi connectivity index (χ4v) is 4.50. The van der Waals surface area contributed by atoms with Gasteiger partial charge in [-0.15, -0.1) is 0 Å². The molecule has 0 fully saturated rings. The second kappa shape index (κ2) is 9.33. The molecule has 0 heteroatoms. The first-order chi connectivity index (χ1) is 10.1. The van der Waals surface area contributed by atoms with Gasteiger partial charge in [0.05, 0.1) is 0 Å². The van der Waals surface area contributed by atoms with Crippen LogP contribution in [0.1, 0.15) is 120 Å². The molecule has 0 aliphatic rings. The molecule has 2 atom stereocenters. The Morgan fingerprint density at radius 1 is 0.727 bits per heavy atom. The molecule has 0 aliphatic carbocycles. The number of hydrogen-bond donors (Lipinski definition) is 0. The molecule has 0 spiro atoms. The van der Waals surface area contributed by atoms with Crippen molar-refractivity contribution in [1.82, 2.24) is 0 Å². The van der Waals surface area contributed by atoms with Crippen LogP contribution in [0.3, 0.4) is 0 Å². The summed E-state index contributed by atoms with van der Waals surface area (Å²) in [6, 6.07) is 0. The van der Waals surface area contributed by atoms with Crippen molar-refractivity contribution in [3.8, 4) is 0 Å². The first-order valence-corrected chi connectivity index (χ1v) is 9.89. The standard InChI is InChI=1S/C22H45/c1-10-13-14-15-17-21(8,16-11-2)22(9,19(4)12-3)18-20(5,6)7/h10-18H2,1-9H3. The van der Waals surface area contributed by atoms with Gasteiger partial charge in [-0.05, 0) is 47.8 Å².